The first-order chi connectivity index (χ1) is 12.4. The molecule has 0 bridgehead atoms. The Labute approximate surface area is 160 Å². The fraction of sp³-hybridized carbons (Fsp3) is 0.810. The summed E-state index contributed by atoms with van der Waals surface area (Å²) in [6.07, 6.45) is 9.45. The highest BCUT2D eigenvalue weighted by Crippen LogP contribution is 2.64. The molecule has 0 radical (unpaired) electrons. The number of ketones is 1. The molecule has 3 fully saturated rings. The van der Waals surface area contributed by atoms with Gasteiger partial charge in [0, 0.05) is 18.3 Å². The van der Waals surface area contributed by atoms with Gasteiger partial charge in [0.2, 0.25) is 0 Å². The lowest BCUT2D eigenvalue weighted by Crippen LogP contribution is -2.50. The Morgan fingerprint density at radius 2 is 1.92 bits per heavy atom. The summed E-state index contributed by atoms with van der Waals surface area (Å²) < 4.78 is 10.1. The lowest BCUT2D eigenvalue weighted by molar-refractivity contribution is -0.132. The van der Waals surface area contributed by atoms with Gasteiger partial charge >= 0.3 is 6.16 Å². The Morgan fingerprint density at radius 1 is 1.19 bits per heavy atom. The van der Waals surface area contributed by atoms with Crippen molar-refractivity contribution in [2.45, 2.75) is 71.3 Å². The molecule has 0 aromatic carbocycles. The van der Waals surface area contributed by atoms with Crippen molar-refractivity contribution in [2.75, 3.05) is 6.07 Å². The first-order valence-corrected chi connectivity index (χ1v) is 10.5. The van der Waals surface area contributed by atoms with E-state index in [0.717, 1.165) is 51.4 Å². The number of halogens is 1. The third-order valence-electron chi connectivity index (χ3n) is 8.20. The minimum atomic E-state index is -0.666. The zero-order chi connectivity index (χ0) is 18.5. The van der Waals surface area contributed by atoms with Gasteiger partial charge in [0.05, 0.1) is 0 Å². The normalized spacial score (nSPS) is 44.4. The molecule has 4 rings (SSSR count). The summed E-state index contributed by atoms with van der Waals surface area (Å²) in [5.74, 6) is 2.33. The van der Waals surface area contributed by atoms with Crippen LogP contribution >= 0.6 is 11.6 Å². The second-order valence-corrected chi connectivity index (χ2v) is 9.38. The van der Waals surface area contributed by atoms with Crippen LogP contribution in [0, 0.1) is 28.6 Å². The molecule has 0 amide bonds. The second-order valence-electron chi connectivity index (χ2n) is 9.16. The molecule has 0 unspecified atom stereocenters. The van der Waals surface area contributed by atoms with Gasteiger partial charge in [-0.3, -0.25) is 4.79 Å². The molecule has 0 saturated heterocycles. The van der Waals surface area contributed by atoms with Gasteiger partial charge in [-0.05, 0) is 61.7 Å². The van der Waals surface area contributed by atoms with Crippen LogP contribution in [0.1, 0.15) is 65.2 Å². The molecule has 26 heavy (non-hydrogen) atoms. The van der Waals surface area contributed by atoms with Gasteiger partial charge in [-0.2, -0.15) is 0 Å². The molecular formula is C21H29ClO4. The molecular weight excluding hydrogens is 352 g/mol. The van der Waals surface area contributed by atoms with Gasteiger partial charge in [0.1, 0.15) is 11.9 Å². The van der Waals surface area contributed by atoms with Crippen molar-refractivity contribution in [3.05, 3.63) is 11.6 Å². The van der Waals surface area contributed by atoms with Gasteiger partial charge in [-0.15, -0.1) is 0 Å². The molecule has 0 aromatic rings. The van der Waals surface area contributed by atoms with Gasteiger partial charge in [-0.1, -0.05) is 37.1 Å². The maximum absolute atomic E-state index is 12.5. The molecule has 4 aliphatic carbocycles. The van der Waals surface area contributed by atoms with E-state index in [-0.39, 0.29) is 23.0 Å². The number of fused-ring (bicyclic) bond motifs is 5. The number of carbonyl (C=O) groups is 2. The van der Waals surface area contributed by atoms with Crippen molar-refractivity contribution >= 4 is 23.5 Å². The molecule has 0 N–H and O–H groups in total. The monoisotopic (exact) mass is 380 g/mol. The average Bonchev–Trinajstić information content (AvgIpc) is 2.91. The summed E-state index contributed by atoms with van der Waals surface area (Å²) in [6, 6.07) is -0.172. The summed E-state index contributed by atoms with van der Waals surface area (Å²) in [5, 5.41) is 0. The van der Waals surface area contributed by atoms with Crippen LogP contribution in [0.4, 0.5) is 4.79 Å². The van der Waals surface area contributed by atoms with Crippen LogP contribution < -0.4 is 0 Å². The molecule has 6 atom stereocenters. The van der Waals surface area contributed by atoms with E-state index < -0.39 is 6.16 Å². The second kappa shape index (κ2) is 6.54. The van der Waals surface area contributed by atoms with Crippen molar-refractivity contribution in [3.8, 4) is 0 Å². The largest absolute Gasteiger partial charge is 0.509 e. The summed E-state index contributed by atoms with van der Waals surface area (Å²) in [4.78, 5) is 24.1. The molecule has 4 nitrogen and oxygen atoms in total. The lowest BCUT2D eigenvalue weighted by Gasteiger charge is -2.56. The molecule has 0 spiro atoms. The third-order valence-corrected chi connectivity index (χ3v) is 8.31. The number of Topliss-reactive ketones (excluding diaryl/α,β-unsaturated/α-hetero) is 1. The molecule has 0 aliphatic heterocycles. The Kier molecular flexibility index (Phi) is 4.61. The molecule has 0 aromatic heterocycles. The average molecular weight is 381 g/mol. The van der Waals surface area contributed by atoms with E-state index in [1.54, 1.807) is 0 Å². The highest BCUT2D eigenvalue weighted by molar-refractivity contribution is 6.17. The van der Waals surface area contributed by atoms with E-state index in [9.17, 15) is 9.59 Å². The smallest absolute Gasteiger partial charge is 0.431 e. The summed E-state index contributed by atoms with van der Waals surface area (Å²) in [5.41, 5.74) is 1.56. The van der Waals surface area contributed by atoms with Gasteiger partial charge in [-0.25, -0.2) is 4.79 Å². The SMILES string of the molecule is C[C@]12CC[C@H](OC(=O)OCCl)CC1=CC[C@@H]1[C@@H]2CC[C@]2(C)C(=O)CC[C@@H]12. The van der Waals surface area contributed by atoms with E-state index in [1.807, 2.05) is 0 Å². The summed E-state index contributed by atoms with van der Waals surface area (Å²) >= 11 is 5.43. The van der Waals surface area contributed by atoms with Gasteiger partial charge in [0.15, 0.2) is 6.07 Å². The van der Waals surface area contributed by atoms with Crippen LogP contribution in [0.5, 0.6) is 0 Å². The van der Waals surface area contributed by atoms with Gasteiger partial charge in [0.25, 0.3) is 0 Å². The predicted octanol–water partition coefficient (Wildman–Crippen LogP) is 5.24. The van der Waals surface area contributed by atoms with E-state index in [0.29, 0.717) is 23.5 Å². The summed E-state index contributed by atoms with van der Waals surface area (Å²) in [6.45, 7) is 4.63. The fourth-order valence-electron chi connectivity index (χ4n) is 6.71. The minimum absolute atomic E-state index is 0.0749. The van der Waals surface area contributed by atoms with E-state index in [2.05, 4.69) is 19.9 Å². The zero-order valence-corrected chi connectivity index (χ0v) is 16.5. The first-order valence-electron chi connectivity index (χ1n) is 10.0. The lowest BCUT2D eigenvalue weighted by atomic mass is 9.48. The molecule has 4 aliphatic rings. The Hall–Kier alpha value is -1.03. The van der Waals surface area contributed by atoms with Crippen LogP contribution in [0.2, 0.25) is 0 Å². The number of rotatable bonds is 2. The number of carbonyl (C=O) groups excluding carboxylic acids is 2. The molecule has 3 saturated carbocycles. The van der Waals surface area contributed by atoms with Crippen molar-refractivity contribution in [2.24, 2.45) is 28.6 Å². The van der Waals surface area contributed by atoms with E-state index >= 15 is 0 Å². The minimum Gasteiger partial charge on any atom is -0.431 e. The van der Waals surface area contributed by atoms with Crippen LogP contribution in [-0.4, -0.2) is 24.1 Å². The Morgan fingerprint density at radius 3 is 2.69 bits per heavy atom. The van der Waals surface area contributed by atoms with Crippen LogP contribution in [-0.2, 0) is 14.3 Å². The Balaban J connectivity index is 1.52. The fourth-order valence-corrected chi connectivity index (χ4v) is 6.80. The number of allylic oxidation sites excluding steroid dienone is 1. The quantitative estimate of drug-likeness (QED) is 0.373. The molecule has 5 heteroatoms. The van der Waals surface area contributed by atoms with Crippen molar-refractivity contribution in [3.63, 3.8) is 0 Å². The summed E-state index contributed by atoms with van der Waals surface area (Å²) in [7, 11) is 0. The first kappa shape index (κ1) is 18.3. The number of hydrogen-bond acceptors (Lipinski definition) is 4. The van der Waals surface area contributed by atoms with Gasteiger partial charge < -0.3 is 9.47 Å². The van der Waals surface area contributed by atoms with E-state index in [1.165, 1.54) is 5.57 Å². The maximum Gasteiger partial charge on any atom is 0.509 e. The number of alkyl halides is 1. The van der Waals surface area contributed by atoms with Crippen molar-refractivity contribution in [1.82, 2.24) is 0 Å². The molecule has 144 valence electrons. The topological polar surface area (TPSA) is 52.6 Å². The van der Waals surface area contributed by atoms with Crippen LogP contribution in [0.15, 0.2) is 11.6 Å². The maximum atomic E-state index is 12.5. The number of ether oxygens (including phenoxy) is 2. The highest BCUT2D eigenvalue weighted by Gasteiger charge is 2.58. The standard InChI is InChI=1S/C21H29ClO4/c1-20-9-7-14(26-19(24)25-12-22)11-13(20)3-4-15-16-5-6-18(23)21(16,2)10-8-17(15)20/h3,14-17H,4-12H2,1-2H3/t14-,15-,16-,17-,20-,21-/m0/s1. The number of hydrogen-bond donors (Lipinski definition) is 0. The van der Waals surface area contributed by atoms with Crippen molar-refractivity contribution in [1.29, 1.82) is 0 Å². The Bertz CT molecular complexity index is 644. The van der Waals surface area contributed by atoms with Crippen molar-refractivity contribution < 1.29 is 19.1 Å². The van der Waals surface area contributed by atoms with Crippen LogP contribution in [0.3, 0.4) is 0 Å². The molecule has 0 heterocycles. The van der Waals surface area contributed by atoms with Crippen LogP contribution in [0.25, 0.3) is 0 Å². The van der Waals surface area contributed by atoms with E-state index in [4.69, 9.17) is 21.1 Å². The highest BCUT2D eigenvalue weighted by atomic mass is 35.5. The zero-order valence-electron chi connectivity index (χ0n) is 15.8. The third kappa shape index (κ3) is 2.71. The predicted molar refractivity (Wildman–Crippen MR) is 98.8 cm³/mol.